The topological polar surface area (TPSA) is 98.5 Å². The van der Waals surface area contributed by atoms with Crippen molar-refractivity contribution in [3.8, 4) is 0 Å². The first-order chi connectivity index (χ1) is 12.8. The number of benzene rings is 2. The Kier molecular flexibility index (Phi) is 6.90. The van der Waals surface area contributed by atoms with Crippen molar-refractivity contribution in [3.63, 3.8) is 0 Å². The Bertz CT molecular complexity index is 853. The molecule has 0 radical (unpaired) electrons. The molecule has 0 heterocycles. The molecule has 0 aliphatic heterocycles. The van der Waals surface area contributed by atoms with E-state index in [0.717, 1.165) is 0 Å². The summed E-state index contributed by atoms with van der Waals surface area (Å²) in [7, 11) is 0. The molecule has 1 N–H and O–H groups in total. The quantitative estimate of drug-likeness (QED) is 0.436. The lowest BCUT2D eigenvalue weighted by Gasteiger charge is -2.20. The maximum Gasteiger partial charge on any atom is 0.308 e. The van der Waals surface area contributed by atoms with E-state index in [2.05, 4.69) is 5.32 Å². The van der Waals surface area contributed by atoms with Gasteiger partial charge in [0, 0.05) is 22.7 Å². The summed E-state index contributed by atoms with van der Waals surface area (Å²) in [6, 6.07) is 11.4. The van der Waals surface area contributed by atoms with Crippen LogP contribution in [-0.2, 0) is 9.53 Å². The number of nitrogens with one attached hydrogen (secondary N) is 1. The van der Waals surface area contributed by atoms with E-state index < -0.39 is 22.8 Å². The Morgan fingerprint density at radius 3 is 2.52 bits per heavy atom. The largest absolute Gasteiger partial charge is 0.463 e. The van der Waals surface area contributed by atoms with Gasteiger partial charge in [-0.25, -0.2) is 0 Å². The van der Waals surface area contributed by atoms with Crippen molar-refractivity contribution in [3.05, 3.63) is 74.8 Å². The highest BCUT2D eigenvalue weighted by atomic mass is 35.5. The number of amides is 1. The molecule has 2 aromatic carbocycles. The van der Waals surface area contributed by atoms with E-state index in [4.69, 9.17) is 16.3 Å². The molecule has 27 heavy (non-hydrogen) atoms. The molecule has 0 saturated carbocycles. The fraction of sp³-hybridized carbons (Fsp3) is 0.263. The van der Waals surface area contributed by atoms with Crippen molar-refractivity contribution in [1.82, 2.24) is 5.32 Å². The highest BCUT2D eigenvalue weighted by Gasteiger charge is 2.23. The number of ether oxygens (including phenoxy) is 1. The molecule has 1 unspecified atom stereocenters. The number of non-ortho nitro benzene ring substituents is 1. The smallest absolute Gasteiger partial charge is 0.308 e. The molecule has 0 spiro atoms. The van der Waals surface area contributed by atoms with E-state index in [9.17, 15) is 19.7 Å². The van der Waals surface area contributed by atoms with Crippen molar-refractivity contribution in [1.29, 1.82) is 0 Å². The lowest BCUT2D eigenvalue weighted by atomic mass is 10.0. The molecule has 0 aromatic heterocycles. The summed E-state index contributed by atoms with van der Waals surface area (Å²) in [5.74, 6) is -1.05. The zero-order chi connectivity index (χ0) is 20.0. The fourth-order valence-corrected chi connectivity index (χ4v) is 2.74. The van der Waals surface area contributed by atoms with Crippen LogP contribution >= 0.6 is 11.6 Å². The molecule has 0 aliphatic carbocycles. The summed E-state index contributed by atoms with van der Waals surface area (Å²) in [5.41, 5.74) is 0.466. The van der Waals surface area contributed by atoms with Crippen LogP contribution in [0.3, 0.4) is 0 Å². The standard InChI is InChI=1S/C19H19ClN2O5/c1-12(2)27-18(23)11-17(15-8-3-4-9-16(15)20)21-19(24)13-6-5-7-14(10-13)22(25)26/h3-10,12,17H,11H2,1-2H3,(H,21,24). The van der Waals surface area contributed by atoms with Gasteiger partial charge in [0.1, 0.15) is 0 Å². The Hall–Kier alpha value is -2.93. The van der Waals surface area contributed by atoms with Gasteiger partial charge >= 0.3 is 5.97 Å². The predicted molar refractivity (Wildman–Crippen MR) is 101 cm³/mol. The first-order valence-corrected chi connectivity index (χ1v) is 8.65. The van der Waals surface area contributed by atoms with E-state index in [1.807, 2.05) is 0 Å². The van der Waals surface area contributed by atoms with Gasteiger partial charge in [0.2, 0.25) is 0 Å². The monoisotopic (exact) mass is 390 g/mol. The first-order valence-electron chi connectivity index (χ1n) is 8.27. The molecule has 0 saturated heterocycles. The number of rotatable bonds is 7. The lowest BCUT2D eigenvalue weighted by Crippen LogP contribution is -2.31. The Morgan fingerprint density at radius 2 is 1.89 bits per heavy atom. The van der Waals surface area contributed by atoms with Crippen LogP contribution in [-0.4, -0.2) is 22.9 Å². The highest BCUT2D eigenvalue weighted by Crippen LogP contribution is 2.26. The van der Waals surface area contributed by atoms with Gasteiger partial charge in [0.05, 0.1) is 23.5 Å². The summed E-state index contributed by atoms with van der Waals surface area (Å²) in [5, 5.41) is 14.0. The average Bonchev–Trinajstić information content (AvgIpc) is 2.61. The van der Waals surface area contributed by atoms with Gasteiger partial charge in [-0.2, -0.15) is 0 Å². The van der Waals surface area contributed by atoms with E-state index in [-0.39, 0.29) is 23.8 Å². The number of esters is 1. The number of nitrogens with zero attached hydrogens (tertiary/aromatic N) is 1. The number of hydrogen-bond donors (Lipinski definition) is 1. The van der Waals surface area contributed by atoms with E-state index in [0.29, 0.717) is 10.6 Å². The minimum atomic E-state index is -0.739. The maximum absolute atomic E-state index is 12.6. The molecule has 1 atom stereocenters. The Labute approximate surface area is 161 Å². The third-order valence-corrected chi connectivity index (χ3v) is 3.99. The molecule has 2 aromatic rings. The molecule has 142 valence electrons. The van der Waals surface area contributed by atoms with Crippen LogP contribution < -0.4 is 5.32 Å². The van der Waals surface area contributed by atoms with Gasteiger partial charge in [0.15, 0.2) is 0 Å². The van der Waals surface area contributed by atoms with Crippen LogP contribution in [0, 0.1) is 10.1 Å². The summed E-state index contributed by atoms with van der Waals surface area (Å²) in [4.78, 5) is 35.0. The second-order valence-electron chi connectivity index (χ2n) is 6.10. The molecule has 7 nitrogen and oxygen atoms in total. The summed E-state index contributed by atoms with van der Waals surface area (Å²) in [6.45, 7) is 3.45. The number of nitro benzene ring substituents is 1. The Morgan fingerprint density at radius 1 is 1.19 bits per heavy atom. The van der Waals surface area contributed by atoms with Gasteiger partial charge in [-0.15, -0.1) is 0 Å². The van der Waals surface area contributed by atoms with Gasteiger partial charge < -0.3 is 10.1 Å². The zero-order valence-corrected chi connectivity index (χ0v) is 15.6. The Balaban J connectivity index is 2.27. The van der Waals surface area contributed by atoms with Crippen LogP contribution in [0.5, 0.6) is 0 Å². The van der Waals surface area contributed by atoms with Crippen LogP contribution in [0.1, 0.15) is 42.2 Å². The maximum atomic E-state index is 12.6. The number of carbonyl (C=O) groups is 2. The number of nitro groups is 1. The number of halogens is 1. The molecular formula is C19H19ClN2O5. The second kappa shape index (κ2) is 9.14. The van der Waals surface area contributed by atoms with Crippen LogP contribution in [0.2, 0.25) is 5.02 Å². The molecule has 0 aliphatic rings. The van der Waals surface area contributed by atoms with E-state index >= 15 is 0 Å². The van der Waals surface area contributed by atoms with Crippen LogP contribution in [0.25, 0.3) is 0 Å². The third-order valence-electron chi connectivity index (χ3n) is 3.64. The molecule has 1 amide bonds. The minimum Gasteiger partial charge on any atom is -0.463 e. The van der Waals surface area contributed by atoms with E-state index in [1.165, 1.54) is 24.3 Å². The average molecular weight is 391 g/mol. The van der Waals surface area contributed by atoms with Gasteiger partial charge in [-0.05, 0) is 31.5 Å². The number of hydrogen-bond acceptors (Lipinski definition) is 5. The highest BCUT2D eigenvalue weighted by molar-refractivity contribution is 6.31. The second-order valence-corrected chi connectivity index (χ2v) is 6.50. The minimum absolute atomic E-state index is 0.110. The molecule has 0 bridgehead atoms. The summed E-state index contributed by atoms with van der Waals surface area (Å²) < 4.78 is 5.16. The fourth-order valence-electron chi connectivity index (χ4n) is 2.48. The molecular weight excluding hydrogens is 372 g/mol. The zero-order valence-electron chi connectivity index (χ0n) is 14.8. The van der Waals surface area contributed by atoms with Crippen molar-refractivity contribution in [2.24, 2.45) is 0 Å². The van der Waals surface area contributed by atoms with Gasteiger partial charge in [-0.1, -0.05) is 35.9 Å². The molecule has 8 heteroatoms. The van der Waals surface area contributed by atoms with Gasteiger partial charge in [-0.3, -0.25) is 19.7 Å². The van der Waals surface area contributed by atoms with Crippen molar-refractivity contribution < 1.29 is 19.2 Å². The third kappa shape index (κ3) is 5.79. The first kappa shape index (κ1) is 20.4. The van der Waals surface area contributed by atoms with Crippen molar-refractivity contribution in [2.75, 3.05) is 0 Å². The SMILES string of the molecule is CC(C)OC(=O)CC(NC(=O)c1cccc([N+](=O)[O-])c1)c1ccccc1Cl. The van der Waals surface area contributed by atoms with Crippen LogP contribution in [0.4, 0.5) is 5.69 Å². The van der Waals surface area contributed by atoms with Crippen molar-refractivity contribution in [2.45, 2.75) is 32.4 Å². The molecule has 2 rings (SSSR count). The van der Waals surface area contributed by atoms with E-state index in [1.54, 1.807) is 38.1 Å². The van der Waals surface area contributed by atoms with Crippen molar-refractivity contribution >= 4 is 29.2 Å². The summed E-state index contributed by atoms with van der Waals surface area (Å²) >= 11 is 6.21. The number of carbonyl (C=O) groups excluding carboxylic acids is 2. The van der Waals surface area contributed by atoms with Gasteiger partial charge in [0.25, 0.3) is 11.6 Å². The molecule has 0 fully saturated rings. The predicted octanol–water partition coefficient (Wildman–Crippen LogP) is 4.06. The van der Waals surface area contributed by atoms with Crippen LogP contribution in [0.15, 0.2) is 48.5 Å². The normalized spacial score (nSPS) is 11.7. The summed E-state index contributed by atoms with van der Waals surface area (Å²) in [6.07, 6.45) is -0.417. The lowest BCUT2D eigenvalue weighted by molar-refractivity contribution is -0.384.